The van der Waals surface area contributed by atoms with Crippen molar-refractivity contribution in [2.75, 3.05) is 5.32 Å². The van der Waals surface area contributed by atoms with Crippen molar-refractivity contribution in [3.63, 3.8) is 0 Å². The van der Waals surface area contributed by atoms with E-state index in [4.69, 9.17) is 0 Å². The highest BCUT2D eigenvalue weighted by atomic mass is 32.1. The minimum atomic E-state index is -1.10. The molecule has 0 radical (unpaired) electrons. The molecule has 9 heteroatoms. The third-order valence-corrected chi connectivity index (χ3v) is 7.31. The highest BCUT2D eigenvalue weighted by molar-refractivity contribution is 7.15. The van der Waals surface area contributed by atoms with E-state index in [2.05, 4.69) is 25.3 Å². The SMILES string of the molecule is Cc1cc(Nc2nccc(C)n2)cc(-c2cnc([C@](C)(O)[C@H]3CC[C@H](C(=O)O)CC3)s2)n1. The Balaban J connectivity index is 1.54. The molecule has 3 aromatic heterocycles. The molecule has 168 valence electrons. The Bertz CT molecular complexity index is 1120. The fourth-order valence-corrected chi connectivity index (χ4v) is 5.21. The monoisotopic (exact) mass is 453 g/mol. The normalized spacial score (nSPS) is 20.5. The van der Waals surface area contributed by atoms with Gasteiger partial charge in [0.25, 0.3) is 0 Å². The predicted molar refractivity (Wildman–Crippen MR) is 123 cm³/mol. The Morgan fingerprint density at radius 1 is 1.12 bits per heavy atom. The quantitative estimate of drug-likeness (QED) is 0.500. The second kappa shape index (κ2) is 8.91. The van der Waals surface area contributed by atoms with Gasteiger partial charge in [-0.05, 0) is 70.6 Å². The van der Waals surface area contributed by atoms with Gasteiger partial charge in [0.15, 0.2) is 0 Å². The lowest BCUT2D eigenvalue weighted by molar-refractivity contribution is -0.144. The van der Waals surface area contributed by atoms with Crippen LogP contribution in [-0.2, 0) is 10.4 Å². The molecule has 1 aliphatic carbocycles. The number of nitrogens with one attached hydrogen (secondary N) is 1. The fraction of sp³-hybridized carbons (Fsp3) is 0.435. The smallest absolute Gasteiger partial charge is 0.306 e. The van der Waals surface area contributed by atoms with Crippen LogP contribution in [0.1, 0.15) is 49.0 Å². The van der Waals surface area contributed by atoms with Crippen molar-refractivity contribution in [1.82, 2.24) is 19.9 Å². The summed E-state index contributed by atoms with van der Waals surface area (Å²) in [6.07, 6.45) is 5.97. The van der Waals surface area contributed by atoms with Gasteiger partial charge in [-0.2, -0.15) is 0 Å². The lowest BCUT2D eigenvalue weighted by Crippen LogP contribution is -2.35. The predicted octanol–water partition coefficient (Wildman–Crippen LogP) is 4.45. The van der Waals surface area contributed by atoms with Gasteiger partial charge >= 0.3 is 5.97 Å². The van der Waals surface area contributed by atoms with Crippen LogP contribution in [0.15, 0.2) is 30.6 Å². The molecule has 8 nitrogen and oxygen atoms in total. The van der Waals surface area contributed by atoms with E-state index in [0.29, 0.717) is 36.6 Å². The number of carboxylic acids is 1. The number of nitrogens with zero attached hydrogens (tertiary/aromatic N) is 4. The molecule has 1 fully saturated rings. The molecule has 1 atom stereocenters. The average Bonchev–Trinajstić information content (AvgIpc) is 3.25. The average molecular weight is 454 g/mol. The largest absolute Gasteiger partial charge is 0.481 e. The Labute approximate surface area is 190 Å². The van der Waals surface area contributed by atoms with Crippen molar-refractivity contribution >= 4 is 28.9 Å². The van der Waals surface area contributed by atoms with Crippen LogP contribution in [0.25, 0.3) is 10.6 Å². The summed E-state index contributed by atoms with van der Waals surface area (Å²) < 4.78 is 0. The molecular formula is C23H27N5O3S. The summed E-state index contributed by atoms with van der Waals surface area (Å²) in [5.41, 5.74) is 2.19. The van der Waals surface area contributed by atoms with Gasteiger partial charge in [-0.25, -0.2) is 15.0 Å². The number of carboxylic acid groups (broad SMARTS) is 1. The standard InChI is InChI=1S/C23H27N5O3S/c1-13-8-9-24-22(27-13)28-17-10-14(2)26-18(11-17)19-12-25-21(32-19)23(3,31)16-6-4-15(5-7-16)20(29)30/h8-12,15-16,31H,4-7H2,1-3H3,(H,29,30)(H,24,26,27,28)/t15-,16-,23-/m1/s1. The van der Waals surface area contributed by atoms with Gasteiger partial charge in [0.2, 0.25) is 5.95 Å². The molecule has 0 amide bonds. The van der Waals surface area contributed by atoms with Gasteiger partial charge < -0.3 is 15.5 Å². The topological polar surface area (TPSA) is 121 Å². The molecular weight excluding hydrogens is 426 g/mol. The summed E-state index contributed by atoms with van der Waals surface area (Å²) >= 11 is 1.42. The Kier molecular flexibility index (Phi) is 6.21. The second-order valence-electron chi connectivity index (χ2n) is 8.59. The van der Waals surface area contributed by atoms with Gasteiger partial charge in [0.05, 0.1) is 16.5 Å². The summed E-state index contributed by atoms with van der Waals surface area (Å²) in [4.78, 5) is 29.9. The number of hydrogen-bond donors (Lipinski definition) is 3. The zero-order valence-electron chi connectivity index (χ0n) is 18.4. The minimum absolute atomic E-state index is 0.0155. The van der Waals surface area contributed by atoms with E-state index in [9.17, 15) is 15.0 Å². The van der Waals surface area contributed by atoms with Gasteiger partial charge in [-0.15, -0.1) is 11.3 Å². The number of pyridine rings is 1. The van der Waals surface area contributed by atoms with Crippen LogP contribution in [0.2, 0.25) is 0 Å². The molecule has 0 unspecified atom stereocenters. The maximum atomic E-state index is 11.3. The van der Waals surface area contributed by atoms with Crippen LogP contribution in [0.4, 0.5) is 11.6 Å². The first-order valence-electron chi connectivity index (χ1n) is 10.7. The summed E-state index contributed by atoms with van der Waals surface area (Å²) in [7, 11) is 0. The van der Waals surface area contributed by atoms with Gasteiger partial charge in [-0.3, -0.25) is 9.78 Å². The first-order valence-corrected chi connectivity index (χ1v) is 11.5. The molecule has 3 heterocycles. The van der Waals surface area contributed by atoms with Crippen LogP contribution in [0.5, 0.6) is 0 Å². The van der Waals surface area contributed by atoms with Crippen LogP contribution < -0.4 is 5.32 Å². The first-order chi connectivity index (χ1) is 15.2. The lowest BCUT2D eigenvalue weighted by atomic mass is 9.74. The van der Waals surface area contributed by atoms with Crippen molar-refractivity contribution in [1.29, 1.82) is 0 Å². The number of aryl methyl sites for hydroxylation is 2. The maximum absolute atomic E-state index is 11.3. The number of thiazole rings is 1. The second-order valence-corrected chi connectivity index (χ2v) is 9.62. The number of anilines is 2. The fourth-order valence-electron chi connectivity index (χ4n) is 4.21. The Hall–Kier alpha value is -2.91. The number of aliphatic carboxylic acids is 1. The van der Waals surface area contributed by atoms with Crippen LogP contribution >= 0.6 is 11.3 Å². The summed E-state index contributed by atoms with van der Waals surface area (Å²) in [6, 6.07) is 5.68. The number of carbonyl (C=O) groups is 1. The summed E-state index contributed by atoms with van der Waals surface area (Å²) in [6.45, 7) is 5.62. The maximum Gasteiger partial charge on any atom is 0.306 e. The first kappa shape index (κ1) is 22.3. The summed E-state index contributed by atoms with van der Waals surface area (Å²) in [5, 5.41) is 24.4. The molecule has 4 rings (SSSR count). The Morgan fingerprint density at radius 2 is 1.88 bits per heavy atom. The van der Waals surface area contributed by atoms with Crippen LogP contribution in [-0.4, -0.2) is 36.1 Å². The third-order valence-electron chi connectivity index (χ3n) is 6.07. The van der Waals surface area contributed by atoms with E-state index in [-0.39, 0.29) is 11.8 Å². The molecule has 3 N–H and O–H groups in total. The zero-order chi connectivity index (χ0) is 22.9. The highest BCUT2D eigenvalue weighted by Gasteiger charge is 2.40. The van der Waals surface area contributed by atoms with E-state index < -0.39 is 11.6 Å². The van der Waals surface area contributed by atoms with E-state index >= 15 is 0 Å². The van der Waals surface area contributed by atoms with Gasteiger partial charge in [0.1, 0.15) is 10.6 Å². The van der Waals surface area contributed by atoms with Gasteiger partial charge in [-0.1, -0.05) is 0 Å². The number of hydrogen-bond acceptors (Lipinski definition) is 8. The number of rotatable bonds is 6. The minimum Gasteiger partial charge on any atom is -0.481 e. The molecule has 3 aromatic rings. The van der Waals surface area contributed by atoms with Crippen molar-refractivity contribution in [2.45, 2.75) is 52.1 Å². The summed E-state index contributed by atoms with van der Waals surface area (Å²) in [5.74, 6) is -0.552. The highest BCUT2D eigenvalue weighted by Crippen LogP contribution is 2.43. The molecule has 0 bridgehead atoms. The van der Waals surface area contributed by atoms with Crippen molar-refractivity contribution in [2.24, 2.45) is 11.8 Å². The van der Waals surface area contributed by atoms with Crippen LogP contribution in [0, 0.1) is 25.7 Å². The molecule has 1 saturated carbocycles. The number of aromatic nitrogens is 4. The van der Waals surface area contributed by atoms with Gasteiger partial charge in [0, 0.05) is 29.5 Å². The third kappa shape index (κ3) is 4.78. The van der Waals surface area contributed by atoms with E-state index in [0.717, 1.165) is 27.6 Å². The zero-order valence-corrected chi connectivity index (χ0v) is 19.2. The van der Waals surface area contributed by atoms with Crippen molar-refractivity contribution in [3.05, 3.63) is 47.0 Å². The molecule has 0 saturated heterocycles. The van der Waals surface area contributed by atoms with E-state index in [1.807, 2.05) is 32.0 Å². The van der Waals surface area contributed by atoms with Crippen LogP contribution in [0.3, 0.4) is 0 Å². The molecule has 0 aliphatic heterocycles. The van der Waals surface area contributed by atoms with E-state index in [1.54, 1.807) is 19.3 Å². The Morgan fingerprint density at radius 3 is 2.56 bits per heavy atom. The lowest BCUT2D eigenvalue weighted by Gasteiger charge is -2.35. The van der Waals surface area contributed by atoms with E-state index in [1.165, 1.54) is 11.3 Å². The molecule has 32 heavy (non-hydrogen) atoms. The molecule has 0 aromatic carbocycles. The number of aliphatic hydroxyl groups is 1. The molecule has 0 spiro atoms. The van der Waals surface area contributed by atoms with Crippen molar-refractivity contribution < 1.29 is 15.0 Å². The van der Waals surface area contributed by atoms with Crippen molar-refractivity contribution in [3.8, 4) is 10.6 Å². The molecule has 1 aliphatic rings.